The van der Waals surface area contributed by atoms with Crippen LogP contribution < -0.4 is 9.47 Å². The van der Waals surface area contributed by atoms with Gasteiger partial charge in [-0.1, -0.05) is 19.3 Å². The first-order chi connectivity index (χ1) is 13.7. The molecule has 0 radical (unpaired) electrons. The number of benzene rings is 2. The summed E-state index contributed by atoms with van der Waals surface area (Å²) in [5.41, 5.74) is 1.54. The molecule has 0 spiro atoms. The summed E-state index contributed by atoms with van der Waals surface area (Å²) < 4.78 is 10.9. The van der Waals surface area contributed by atoms with Crippen LogP contribution in [-0.2, 0) is 0 Å². The zero-order valence-electron chi connectivity index (χ0n) is 16.5. The molecule has 0 amide bonds. The highest BCUT2D eigenvalue weighted by Gasteiger charge is 2.04. The predicted molar refractivity (Wildman–Crippen MR) is 110 cm³/mol. The van der Waals surface area contributed by atoms with Gasteiger partial charge in [0.15, 0.2) is 0 Å². The standard InChI is InChI=1S/C22H30N2O4/c1-27-21-11-7-19(8-12-21)23-24-20-9-13-22(14-10-20)28-15-5-3-2-4-6-18(16-25)17-26/h7-14,18,25-26H,2-6,15-17H2,1H3. The molecule has 0 aromatic heterocycles. The van der Waals surface area contributed by atoms with Gasteiger partial charge in [0, 0.05) is 19.1 Å². The molecule has 0 saturated heterocycles. The van der Waals surface area contributed by atoms with E-state index in [4.69, 9.17) is 19.7 Å². The number of unbranched alkanes of at least 4 members (excludes halogenated alkanes) is 3. The van der Waals surface area contributed by atoms with Gasteiger partial charge >= 0.3 is 0 Å². The molecule has 0 aliphatic rings. The molecule has 0 atom stereocenters. The van der Waals surface area contributed by atoms with Crippen molar-refractivity contribution < 1.29 is 19.7 Å². The Morgan fingerprint density at radius 2 is 1.29 bits per heavy atom. The predicted octanol–water partition coefficient (Wildman–Crippen LogP) is 5.04. The van der Waals surface area contributed by atoms with Crippen LogP contribution in [0.3, 0.4) is 0 Å². The molecule has 0 bridgehead atoms. The van der Waals surface area contributed by atoms with Crippen LogP contribution in [0.5, 0.6) is 11.5 Å². The molecule has 6 nitrogen and oxygen atoms in total. The van der Waals surface area contributed by atoms with Gasteiger partial charge in [-0.15, -0.1) is 0 Å². The van der Waals surface area contributed by atoms with Gasteiger partial charge in [-0.3, -0.25) is 0 Å². The minimum absolute atomic E-state index is 0.0247. The van der Waals surface area contributed by atoms with E-state index >= 15 is 0 Å². The molecule has 0 aliphatic carbocycles. The fraction of sp³-hybridized carbons (Fsp3) is 0.455. The Labute approximate surface area is 166 Å². The largest absolute Gasteiger partial charge is 0.497 e. The monoisotopic (exact) mass is 386 g/mol. The lowest BCUT2D eigenvalue weighted by atomic mass is 10.0. The van der Waals surface area contributed by atoms with E-state index in [1.54, 1.807) is 7.11 Å². The average molecular weight is 386 g/mol. The number of rotatable bonds is 13. The summed E-state index contributed by atoms with van der Waals surface area (Å²) in [7, 11) is 1.63. The zero-order chi connectivity index (χ0) is 20.0. The van der Waals surface area contributed by atoms with E-state index in [2.05, 4.69) is 10.2 Å². The van der Waals surface area contributed by atoms with E-state index in [0.717, 1.165) is 55.0 Å². The van der Waals surface area contributed by atoms with Crippen molar-refractivity contribution in [3.05, 3.63) is 48.5 Å². The quantitative estimate of drug-likeness (QED) is 0.373. The molecule has 0 fully saturated rings. The summed E-state index contributed by atoms with van der Waals surface area (Å²) in [6, 6.07) is 15.0. The van der Waals surface area contributed by atoms with Crippen LogP contribution in [-0.4, -0.2) is 37.1 Å². The maximum absolute atomic E-state index is 9.03. The summed E-state index contributed by atoms with van der Waals surface area (Å²) >= 11 is 0. The van der Waals surface area contributed by atoms with Crippen LogP contribution in [0.4, 0.5) is 11.4 Å². The molecule has 0 aliphatic heterocycles. The minimum atomic E-state index is 0.0247. The third-order valence-electron chi connectivity index (χ3n) is 4.48. The Balaban J connectivity index is 1.64. The average Bonchev–Trinajstić information content (AvgIpc) is 2.75. The number of methoxy groups -OCH3 is 1. The highest BCUT2D eigenvalue weighted by atomic mass is 16.5. The maximum Gasteiger partial charge on any atom is 0.119 e. The second kappa shape index (κ2) is 12.9. The van der Waals surface area contributed by atoms with Gasteiger partial charge in [0.1, 0.15) is 11.5 Å². The molecule has 2 aromatic rings. The normalized spacial score (nSPS) is 11.3. The summed E-state index contributed by atoms with van der Waals surface area (Å²) in [5, 5.41) is 26.5. The van der Waals surface area contributed by atoms with Gasteiger partial charge in [-0.05, 0) is 61.4 Å². The molecule has 2 N–H and O–H groups in total. The van der Waals surface area contributed by atoms with Gasteiger partial charge < -0.3 is 19.7 Å². The van der Waals surface area contributed by atoms with Crippen molar-refractivity contribution in [3.63, 3.8) is 0 Å². The van der Waals surface area contributed by atoms with Gasteiger partial charge in [0.2, 0.25) is 0 Å². The zero-order valence-corrected chi connectivity index (χ0v) is 16.5. The third-order valence-corrected chi connectivity index (χ3v) is 4.48. The summed E-state index contributed by atoms with van der Waals surface area (Å²) in [4.78, 5) is 0. The van der Waals surface area contributed by atoms with Crippen LogP contribution in [0.2, 0.25) is 0 Å². The first-order valence-electron chi connectivity index (χ1n) is 9.75. The molecule has 6 heteroatoms. The topological polar surface area (TPSA) is 83.6 Å². The molecule has 152 valence electrons. The lowest BCUT2D eigenvalue weighted by molar-refractivity contribution is 0.141. The van der Waals surface area contributed by atoms with Gasteiger partial charge in [-0.2, -0.15) is 10.2 Å². The minimum Gasteiger partial charge on any atom is -0.497 e. The van der Waals surface area contributed by atoms with E-state index in [0.29, 0.717) is 6.61 Å². The van der Waals surface area contributed by atoms with Crippen molar-refractivity contribution in [2.24, 2.45) is 16.1 Å². The Bertz CT molecular complexity index is 683. The van der Waals surface area contributed by atoms with Crippen LogP contribution in [0.15, 0.2) is 58.8 Å². The molecule has 0 heterocycles. The fourth-order valence-corrected chi connectivity index (χ4v) is 2.69. The van der Waals surface area contributed by atoms with Gasteiger partial charge in [-0.25, -0.2) is 0 Å². The number of ether oxygens (including phenoxy) is 2. The van der Waals surface area contributed by atoms with E-state index in [1.807, 2.05) is 48.5 Å². The molecule has 28 heavy (non-hydrogen) atoms. The highest BCUT2D eigenvalue weighted by Crippen LogP contribution is 2.23. The Morgan fingerprint density at radius 3 is 1.82 bits per heavy atom. The second-order valence-electron chi connectivity index (χ2n) is 6.67. The molecule has 0 saturated carbocycles. The van der Waals surface area contributed by atoms with Crippen molar-refractivity contribution >= 4 is 11.4 Å². The highest BCUT2D eigenvalue weighted by molar-refractivity contribution is 5.44. The van der Waals surface area contributed by atoms with Crippen molar-refractivity contribution in [2.75, 3.05) is 26.9 Å². The molecular weight excluding hydrogens is 356 g/mol. The summed E-state index contributed by atoms with van der Waals surface area (Å²) in [6.07, 6.45) is 5.06. The Hall–Kier alpha value is -2.44. The van der Waals surface area contributed by atoms with Crippen molar-refractivity contribution in [3.8, 4) is 11.5 Å². The first-order valence-corrected chi connectivity index (χ1v) is 9.75. The SMILES string of the molecule is COc1ccc(N=Nc2ccc(OCCCCCCC(CO)CO)cc2)cc1. The lowest BCUT2D eigenvalue weighted by Gasteiger charge is -2.10. The summed E-state index contributed by atoms with van der Waals surface area (Å²) in [5.74, 6) is 1.64. The molecular formula is C22H30N2O4. The summed E-state index contributed by atoms with van der Waals surface area (Å²) in [6.45, 7) is 0.806. The van der Waals surface area contributed by atoms with E-state index in [-0.39, 0.29) is 19.1 Å². The van der Waals surface area contributed by atoms with Crippen molar-refractivity contribution in [1.29, 1.82) is 0 Å². The Kier molecular flexibility index (Phi) is 10.0. The number of azo groups is 1. The van der Waals surface area contributed by atoms with E-state index in [9.17, 15) is 0 Å². The number of hydrogen-bond donors (Lipinski definition) is 2. The number of aliphatic hydroxyl groups excluding tert-OH is 2. The van der Waals surface area contributed by atoms with Crippen LogP contribution in [0.25, 0.3) is 0 Å². The van der Waals surface area contributed by atoms with Crippen LogP contribution in [0.1, 0.15) is 32.1 Å². The number of hydrogen-bond acceptors (Lipinski definition) is 6. The maximum atomic E-state index is 9.03. The number of nitrogens with zero attached hydrogens (tertiary/aromatic N) is 2. The smallest absolute Gasteiger partial charge is 0.119 e. The number of aliphatic hydroxyl groups is 2. The van der Waals surface area contributed by atoms with Crippen molar-refractivity contribution in [2.45, 2.75) is 32.1 Å². The second-order valence-corrected chi connectivity index (χ2v) is 6.67. The third kappa shape index (κ3) is 8.06. The Morgan fingerprint density at radius 1 is 0.750 bits per heavy atom. The molecule has 2 rings (SSSR count). The van der Waals surface area contributed by atoms with Gasteiger partial charge in [0.25, 0.3) is 0 Å². The van der Waals surface area contributed by atoms with Gasteiger partial charge in [0.05, 0.1) is 25.1 Å². The molecule has 2 aromatic carbocycles. The van der Waals surface area contributed by atoms with Crippen LogP contribution in [0, 0.1) is 5.92 Å². The van der Waals surface area contributed by atoms with Crippen molar-refractivity contribution in [1.82, 2.24) is 0 Å². The van der Waals surface area contributed by atoms with Crippen LogP contribution >= 0.6 is 0 Å². The van der Waals surface area contributed by atoms with E-state index < -0.39 is 0 Å². The fourth-order valence-electron chi connectivity index (χ4n) is 2.69. The lowest BCUT2D eigenvalue weighted by Crippen LogP contribution is -2.10. The van der Waals surface area contributed by atoms with E-state index in [1.165, 1.54) is 0 Å². The first kappa shape index (κ1) is 21.9. The molecule has 0 unspecified atom stereocenters.